The predicted molar refractivity (Wildman–Crippen MR) is 203 cm³/mol. The standard InChI is InChI=1S/C41H68N4O5/c1-11-19-45-26-29(2)22-41(7,47-10)38(50-39-37(46)36(44(8)9)20-31(4)49-39)30(3)23-40(5,6)28-48-27-34(45)16-14-18-42-24-32-21-33-15-12-13-17-35(33)43-25-32/h12-13,15,17,21,25,27,29-31,36-39,42,46H,11,14,16,18-20,22-24,26,28H2,1-10H3/t29-,30-,31-,36+,37-,38-,39+,41-/m1/s1. The molecule has 9 heteroatoms. The van der Waals surface area contributed by atoms with E-state index in [1.54, 1.807) is 0 Å². The third-order valence-electron chi connectivity index (χ3n) is 10.7. The molecule has 1 aromatic heterocycles. The third-order valence-corrected chi connectivity index (χ3v) is 10.7. The molecule has 0 aliphatic carbocycles. The van der Waals surface area contributed by atoms with Gasteiger partial charge in [0, 0.05) is 50.1 Å². The van der Waals surface area contributed by atoms with Crippen molar-refractivity contribution in [3.05, 3.63) is 54.1 Å². The molecule has 8 atom stereocenters. The van der Waals surface area contributed by atoms with Gasteiger partial charge in [0.05, 0.1) is 29.9 Å². The molecule has 1 saturated heterocycles. The molecule has 3 heterocycles. The highest BCUT2D eigenvalue weighted by atomic mass is 16.7. The van der Waals surface area contributed by atoms with E-state index in [9.17, 15) is 5.11 Å². The number of aromatic nitrogens is 1. The van der Waals surface area contributed by atoms with Crippen LogP contribution in [0.5, 0.6) is 0 Å². The minimum absolute atomic E-state index is 0.0172. The molecule has 1 fully saturated rings. The van der Waals surface area contributed by atoms with Crippen LogP contribution < -0.4 is 5.32 Å². The van der Waals surface area contributed by atoms with E-state index in [4.69, 9.17) is 18.9 Å². The number of fused-ring (bicyclic) bond motifs is 1. The summed E-state index contributed by atoms with van der Waals surface area (Å²) in [5.41, 5.74) is 2.78. The van der Waals surface area contributed by atoms with Crippen LogP contribution in [0.2, 0.25) is 0 Å². The molecule has 1 aromatic carbocycles. The number of hydrogen-bond acceptors (Lipinski definition) is 9. The maximum absolute atomic E-state index is 11.4. The highest BCUT2D eigenvalue weighted by Gasteiger charge is 2.47. The van der Waals surface area contributed by atoms with Crippen LogP contribution in [0, 0.1) is 17.3 Å². The van der Waals surface area contributed by atoms with Crippen LogP contribution in [0.15, 0.2) is 48.5 Å². The van der Waals surface area contributed by atoms with Crippen LogP contribution in [0.25, 0.3) is 10.9 Å². The van der Waals surface area contributed by atoms with Gasteiger partial charge < -0.3 is 39.2 Å². The summed E-state index contributed by atoms with van der Waals surface area (Å²) in [6, 6.07) is 10.5. The van der Waals surface area contributed by atoms with Crippen LogP contribution >= 0.6 is 0 Å². The van der Waals surface area contributed by atoms with E-state index in [1.165, 1.54) is 16.6 Å². The van der Waals surface area contributed by atoms with Crippen molar-refractivity contribution >= 4 is 10.9 Å². The molecule has 0 bridgehead atoms. The summed E-state index contributed by atoms with van der Waals surface area (Å²) in [5.74, 6) is 0.433. The van der Waals surface area contributed by atoms with Crippen LogP contribution in [0.3, 0.4) is 0 Å². The summed E-state index contributed by atoms with van der Waals surface area (Å²) >= 11 is 0. The van der Waals surface area contributed by atoms with Crippen molar-refractivity contribution in [3.8, 4) is 0 Å². The lowest BCUT2D eigenvalue weighted by Crippen LogP contribution is -2.58. The Labute approximate surface area is 303 Å². The molecule has 2 aliphatic rings. The molecule has 0 radical (unpaired) electrons. The van der Waals surface area contributed by atoms with E-state index in [0.29, 0.717) is 12.5 Å². The molecule has 0 spiro atoms. The van der Waals surface area contributed by atoms with E-state index in [-0.39, 0.29) is 29.6 Å². The topological polar surface area (TPSA) is 88.6 Å². The second-order valence-corrected chi connectivity index (χ2v) is 16.5. The number of rotatable bonds is 12. The van der Waals surface area contributed by atoms with Crippen molar-refractivity contribution in [1.82, 2.24) is 20.1 Å². The SMILES string of the molecule is CCCN1C[C@H](C)C[C@@](C)(OC)[C@H](O[C@@H]2O[C@H](C)C[C@H](N(C)C)[C@H]2O)[C@H](C)CC(C)(C)COC=C1CCCNCc1cnc2ccccc2c1. The van der Waals surface area contributed by atoms with Gasteiger partial charge in [-0.2, -0.15) is 0 Å². The molecule has 0 amide bonds. The Balaban J connectivity index is 1.48. The highest BCUT2D eigenvalue weighted by molar-refractivity contribution is 5.78. The maximum Gasteiger partial charge on any atom is 0.185 e. The second-order valence-electron chi connectivity index (χ2n) is 16.5. The fourth-order valence-corrected chi connectivity index (χ4v) is 8.28. The van der Waals surface area contributed by atoms with Gasteiger partial charge in [-0.1, -0.05) is 52.8 Å². The zero-order valence-electron chi connectivity index (χ0n) is 32.8. The van der Waals surface area contributed by atoms with E-state index in [1.807, 2.05) is 39.7 Å². The molecule has 2 N–H and O–H groups in total. The minimum Gasteiger partial charge on any atom is -0.499 e. The first-order chi connectivity index (χ1) is 23.7. The molecule has 0 unspecified atom stereocenters. The minimum atomic E-state index is -0.751. The van der Waals surface area contributed by atoms with Crippen molar-refractivity contribution in [2.45, 2.75) is 130 Å². The summed E-state index contributed by atoms with van der Waals surface area (Å²) in [6.07, 6.45) is 7.66. The molecule has 9 nitrogen and oxygen atoms in total. The normalized spacial score (nSPS) is 31.4. The number of methoxy groups -OCH3 is 1. The molecular weight excluding hydrogens is 628 g/mol. The number of likely N-dealkylation sites (N-methyl/N-ethyl adjacent to an activating group) is 1. The van der Waals surface area contributed by atoms with Gasteiger partial charge in [0.25, 0.3) is 0 Å². The summed E-state index contributed by atoms with van der Waals surface area (Å²) in [4.78, 5) is 9.23. The van der Waals surface area contributed by atoms with Crippen molar-refractivity contribution < 1.29 is 24.1 Å². The van der Waals surface area contributed by atoms with E-state index < -0.39 is 18.0 Å². The molecule has 2 aliphatic heterocycles. The summed E-state index contributed by atoms with van der Waals surface area (Å²) in [5, 5.41) is 16.2. The quantitative estimate of drug-likeness (QED) is 0.228. The first kappa shape index (κ1) is 40.5. The predicted octanol–water partition coefficient (Wildman–Crippen LogP) is 6.98. The van der Waals surface area contributed by atoms with Gasteiger partial charge in [-0.3, -0.25) is 4.98 Å². The molecule has 282 valence electrons. The van der Waals surface area contributed by atoms with Crippen molar-refractivity contribution in [2.75, 3.05) is 47.4 Å². The number of para-hydroxylation sites is 1. The Bertz CT molecular complexity index is 1350. The average molecular weight is 697 g/mol. The van der Waals surface area contributed by atoms with Gasteiger partial charge in [-0.05, 0) is 108 Å². The second kappa shape index (κ2) is 18.5. The summed E-state index contributed by atoms with van der Waals surface area (Å²) < 4.78 is 26.1. The third kappa shape index (κ3) is 11.1. The number of aliphatic hydroxyl groups excluding tert-OH is 1. The molecule has 50 heavy (non-hydrogen) atoms. The molecule has 0 saturated carbocycles. The lowest BCUT2D eigenvalue weighted by atomic mass is 9.75. The van der Waals surface area contributed by atoms with E-state index in [2.05, 4.69) is 92.8 Å². The van der Waals surface area contributed by atoms with E-state index in [0.717, 1.165) is 70.2 Å². The van der Waals surface area contributed by atoms with Crippen LogP contribution in [-0.2, 0) is 25.5 Å². The van der Waals surface area contributed by atoms with Crippen molar-refractivity contribution in [1.29, 1.82) is 0 Å². The Morgan fingerprint density at radius 2 is 1.88 bits per heavy atom. The number of aliphatic hydroxyl groups is 1. The number of pyridine rings is 1. The van der Waals surface area contributed by atoms with Gasteiger partial charge in [0.1, 0.15) is 12.4 Å². The van der Waals surface area contributed by atoms with Gasteiger partial charge in [0.15, 0.2) is 6.29 Å². The average Bonchev–Trinajstić information content (AvgIpc) is 3.06. The Hall–Kier alpha value is -2.27. The smallest absolute Gasteiger partial charge is 0.185 e. The van der Waals surface area contributed by atoms with Crippen LogP contribution in [-0.4, -0.2) is 104 Å². The highest BCUT2D eigenvalue weighted by Crippen LogP contribution is 2.39. The largest absolute Gasteiger partial charge is 0.499 e. The molecule has 2 aromatic rings. The first-order valence-corrected chi connectivity index (χ1v) is 19.1. The molecular formula is C41H68N4O5. The zero-order valence-corrected chi connectivity index (χ0v) is 32.8. The van der Waals surface area contributed by atoms with Crippen LogP contribution in [0.1, 0.15) is 92.6 Å². The van der Waals surface area contributed by atoms with Gasteiger partial charge in [-0.25, -0.2) is 0 Å². The number of allylic oxidation sites excluding steroid dienone is 1. The molecule has 4 rings (SSSR count). The van der Waals surface area contributed by atoms with Gasteiger partial charge in [-0.15, -0.1) is 0 Å². The fraction of sp³-hybridized carbons (Fsp3) is 0.732. The number of nitrogens with one attached hydrogen (secondary N) is 1. The Morgan fingerprint density at radius 1 is 1.12 bits per heavy atom. The maximum atomic E-state index is 11.4. The number of ether oxygens (including phenoxy) is 4. The van der Waals surface area contributed by atoms with Crippen molar-refractivity contribution in [3.63, 3.8) is 0 Å². The monoisotopic (exact) mass is 697 g/mol. The number of nitrogens with zero attached hydrogens (tertiary/aromatic N) is 3. The number of benzene rings is 1. The fourth-order valence-electron chi connectivity index (χ4n) is 8.28. The first-order valence-electron chi connectivity index (χ1n) is 19.1. The summed E-state index contributed by atoms with van der Waals surface area (Å²) in [6.45, 7) is 19.8. The Morgan fingerprint density at radius 3 is 2.60 bits per heavy atom. The summed E-state index contributed by atoms with van der Waals surface area (Å²) in [7, 11) is 5.83. The Kier molecular flexibility index (Phi) is 15.0. The van der Waals surface area contributed by atoms with E-state index >= 15 is 0 Å². The van der Waals surface area contributed by atoms with Gasteiger partial charge >= 0.3 is 0 Å². The van der Waals surface area contributed by atoms with Crippen molar-refractivity contribution in [2.24, 2.45) is 17.3 Å². The van der Waals surface area contributed by atoms with Crippen LogP contribution in [0.4, 0.5) is 0 Å². The van der Waals surface area contributed by atoms with Gasteiger partial charge in [0.2, 0.25) is 0 Å². The lowest BCUT2D eigenvalue weighted by Gasteiger charge is -2.47. The number of hydrogen-bond donors (Lipinski definition) is 2. The zero-order chi connectivity index (χ0) is 36.5. The lowest BCUT2D eigenvalue weighted by molar-refractivity contribution is -0.298.